The Kier molecular flexibility index (Phi) is 9.81. The fourth-order valence-corrected chi connectivity index (χ4v) is 7.37. The number of nitrogens with one attached hydrogen (secondary N) is 1. The topological polar surface area (TPSA) is 114 Å². The largest absolute Gasteiger partial charge is 0.456 e. The molecule has 4 fully saturated rings. The number of rotatable bonds is 11. The van der Waals surface area contributed by atoms with Gasteiger partial charge in [-0.25, -0.2) is 9.97 Å². The molecule has 1 unspecified atom stereocenters. The minimum Gasteiger partial charge on any atom is -0.456 e. The molecule has 46 heavy (non-hydrogen) atoms. The Balaban J connectivity index is 1.11. The maximum Gasteiger partial charge on any atom is 0.301 e. The van der Waals surface area contributed by atoms with Crippen LogP contribution in [0.25, 0.3) is 22.4 Å². The molecule has 3 aromatic rings. The zero-order valence-electron chi connectivity index (χ0n) is 27.0. The first kappa shape index (κ1) is 32.2. The Morgan fingerprint density at radius 2 is 1.83 bits per heavy atom. The maximum atomic E-state index is 6.88. The molecule has 0 saturated carbocycles. The van der Waals surface area contributed by atoms with E-state index in [4.69, 9.17) is 55.0 Å². The number of fused-ring (bicyclic) bond motifs is 2. The van der Waals surface area contributed by atoms with Gasteiger partial charge in [-0.2, -0.15) is 4.98 Å². The van der Waals surface area contributed by atoms with Crippen molar-refractivity contribution in [1.29, 1.82) is 0 Å². The molecule has 0 spiro atoms. The van der Waals surface area contributed by atoms with Crippen LogP contribution in [-0.4, -0.2) is 111 Å². The lowest BCUT2D eigenvalue weighted by Gasteiger charge is -2.28. The molecule has 0 amide bonds. The molecule has 5 atom stereocenters. The number of nitrogens with zero attached hydrogens (tertiary/aromatic N) is 5. The minimum atomic E-state index is -1.26. The Labute approximate surface area is 276 Å². The van der Waals surface area contributed by atoms with E-state index in [1.54, 1.807) is 0 Å². The van der Waals surface area contributed by atoms with Crippen molar-refractivity contribution >= 4 is 36.7 Å². The summed E-state index contributed by atoms with van der Waals surface area (Å²) in [5.74, 6) is 0.947. The van der Waals surface area contributed by atoms with Crippen molar-refractivity contribution in [1.82, 2.24) is 24.8 Å². The van der Waals surface area contributed by atoms with Crippen LogP contribution in [-0.2, 0) is 30.4 Å². The maximum absolute atomic E-state index is 6.88. The first-order chi connectivity index (χ1) is 22.3. The number of piperazine rings is 1. The van der Waals surface area contributed by atoms with Crippen molar-refractivity contribution in [3.63, 3.8) is 0 Å². The molecular weight excluding hydrogens is 628 g/mol. The van der Waals surface area contributed by atoms with Crippen LogP contribution >= 0.6 is 11.6 Å². The monoisotopic (exact) mass is 672 g/mol. The summed E-state index contributed by atoms with van der Waals surface area (Å²) in [4.78, 5) is 16.7. The van der Waals surface area contributed by atoms with E-state index in [9.17, 15) is 0 Å². The summed E-state index contributed by atoms with van der Waals surface area (Å²) in [6.45, 7) is 13.2. The van der Waals surface area contributed by atoms with Crippen molar-refractivity contribution in [2.24, 2.45) is 0 Å². The summed E-state index contributed by atoms with van der Waals surface area (Å²) in [7, 11) is -1.26. The van der Waals surface area contributed by atoms with Crippen LogP contribution in [0.1, 0.15) is 19.3 Å². The molecule has 250 valence electrons. The summed E-state index contributed by atoms with van der Waals surface area (Å²) < 4.78 is 39.0. The Morgan fingerprint density at radius 1 is 1.02 bits per heavy atom. The number of hydrogen-bond donors (Lipinski definition) is 1. The number of ether oxygens (including phenoxy) is 6. The van der Waals surface area contributed by atoms with Gasteiger partial charge < -0.3 is 38.6 Å². The highest BCUT2D eigenvalue weighted by atomic mass is 35.5. The average Bonchev–Trinajstić information content (AvgIpc) is 3.74. The van der Waals surface area contributed by atoms with Crippen LogP contribution in [0, 0.1) is 0 Å². The van der Waals surface area contributed by atoms with Gasteiger partial charge in [-0.1, -0.05) is 31.2 Å². The Hall–Kier alpha value is -2.36. The van der Waals surface area contributed by atoms with Gasteiger partial charge in [0.25, 0.3) is 0 Å². The van der Waals surface area contributed by atoms with Gasteiger partial charge in [-0.15, -0.1) is 0 Å². The predicted octanol–water partition coefficient (Wildman–Crippen LogP) is 4.33. The molecule has 0 bridgehead atoms. The first-order valence-corrected chi connectivity index (χ1v) is 20.6. The third-order valence-electron chi connectivity index (χ3n) is 9.02. The van der Waals surface area contributed by atoms with Crippen LogP contribution < -0.4 is 15.0 Å². The van der Waals surface area contributed by atoms with Crippen LogP contribution in [0.3, 0.4) is 0 Å². The van der Waals surface area contributed by atoms with Gasteiger partial charge in [-0.05, 0) is 43.5 Å². The molecule has 4 aliphatic heterocycles. The highest BCUT2D eigenvalue weighted by molar-refractivity contribution is 6.76. The zero-order valence-corrected chi connectivity index (χ0v) is 28.7. The first-order valence-electron chi connectivity index (χ1n) is 16.6. The highest BCUT2D eigenvalue weighted by Gasteiger charge is 2.50. The summed E-state index contributed by atoms with van der Waals surface area (Å²) in [5, 5.41) is 3.88. The lowest BCUT2D eigenvalue weighted by atomic mass is 10.1. The van der Waals surface area contributed by atoms with Gasteiger partial charge in [0, 0.05) is 59.2 Å². The number of anilines is 1. The van der Waals surface area contributed by atoms with E-state index in [-0.39, 0.29) is 37.4 Å². The van der Waals surface area contributed by atoms with Gasteiger partial charge in [0.15, 0.2) is 18.0 Å². The fraction of sp³-hybridized carbons (Fsp3) is 0.656. The summed E-state index contributed by atoms with van der Waals surface area (Å²) in [6, 6.07) is 7.38. The van der Waals surface area contributed by atoms with E-state index >= 15 is 0 Å². The molecule has 12 nitrogen and oxygen atoms in total. The van der Waals surface area contributed by atoms with Crippen molar-refractivity contribution in [3.05, 3.63) is 29.4 Å². The molecule has 7 heterocycles. The van der Waals surface area contributed by atoms with E-state index in [2.05, 4.69) is 29.9 Å². The number of aromatic nitrogens is 4. The van der Waals surface area contributed by atoms with Gasteiger partial charge in [-0.3, -0.25) is 4.57 Å². The summed E-state index contributed by atoms with van der Waals surface area (Å²) in [6.07, 6.45) is 3.64. The molecule has 4 saturated heterocycles. The van der Waals surface area contributed by atoms with Crippen LogP contribution in [0.4, 0.5) is 5.82 Å². The van der Waals surface area contributed by atoms with Gasteiger partial charge in [0.05, 0.1) is 29.4 Å². The van der Waals surface area contributed by atoms with Gasteiger partial charge in [0.2, 0.25) is 0 Å². The van der Waals surface area contributed by atoms with Crippen molar-refractivity contribution in [2.45, 2.75) is 82.4 Å². The second kappa shape index (κ2) is 14.0. The second-order valence-corrected chi connectivity index (χ2v) is 19.7. The highest BCUT2D eigenvalue weighted by Crippen LogP contribution is 2.35. The normalized spacial score (nSPS) is 27.0. The van der Waals surface area contributed by atoms with E-state index in [1.807, 2.05) is 29.0 Å². The van der Waals surface area contributed by atoms with Crippen LogP contribution in [0.5, 0.6) is 6.01 Å². The van der Waals surface area contributed by atoms with Crippen molar-refractivity contribution in [3.8, 4) is 17.3 Å². The standard InChI is InChI=1S/C32H45ClN6O6Si/c1-46(2,3)15-14-40-20-39-23-16-22(33)28(21-7-8-26(35-17-21)38-11-9-34-10-12-38)36-31(23)37-32(39)45-25-19-43-29-24(18-42-30(25)29)44-27-6-4-5-13-41-27/h7-8,16-17,24-25,27,29-30,34H,4-6,9-15,18-20H2,1-3H3/t24-,25-,27?,29-,30-/m1/s1. The smallest absolute Gasteiger partial charge is 0.301 e. The Bertz CT molecular complexity index is 1480. The van der Waals surface area contributed by atoms with Gasteiger partial charge in [0.1, 0.15) is 30.9 Å². The van der Waals surface area contributed by atoms with E-state index in [0.717, 1.165) is 75.0 Å². The lowest BCUT2D eigenvalue weighted by Crippen LogP contribution is -2.43. The molecule has 0 aromatic carbocycles. The zero-order chi connectivity index (χ0) is 31.7. The quantitative estimate of drug-likeness (QED) is 0.232. The summed E-state index contributed by atoms with van der Waals surface area (Å²) >= 11 is 6.88. The Morgan fingerprint density at radius 3 is 2.57 bits per heavy atom. The third-order valence-corrected chi connectivity index (χ3v) is 11.0. The van der Waals surface area contributed by atoms with Crippen molar-refractivity contribution in [2.75, 3.05) is 57.5 Å². The molecule has 0 radical (unpaired) electrons. The molecule has 4 aliphatic rings. The molecular formula is C32H45ClN6O6Si. The van der Waals surface area contributed by atoms with E-state index in [0.29, 0.717) is 42.2 Å². The SMILES string of the molecule is C[Si](C)(C)CCOCn1c(O[C@@H]2CO[C@H]3[C@@H]2OC[C@H]3OC2CCCCO2)nc2nc(-c3ccc(N4CCNCC4)nc3)c(Cl)cc21. The second-order valence-electron chi connectivity index (χ2n) is 13.7. The number of pyridine rings is 2. The lowest BCUT2D eigenvalue weighted by molar-refractivity contribution is -0.202. The average molecular weight is 673 g/mol. The molecule has 0 aliphatic carbocycles. The molecule has 3 aromatic heterocycles. The van der Waals surface area contributed by atoms with Crippen molar-refractivity contribution < 1.29 is 28.4 Å². The minimum absolute atomic E-state index is 0.194. The molecule has 1 N–H and O–H groups in total. The third kappa shape index (κ3) is 7.21. The summed E-state index contributed by atoms with van der Waals surface area (Å²) in [5.41, 5.74) is 2.71. The predicted molar refractivity (Wildman–Crippen MR) is 177 cm³/mol. The fourth-order valence-electron chi connectivity index (χ4n) is 6.36. The van der Waals surface area contributed by atoms with Gasteiger partial charge >= 0.3 is 6.01 Å². The van der Waals surface area contributed by atoms with Crippen LogP contribution in [0.2, 0.25) is 30.7 Å². The number of halogens is 1. The van der Waals surface area contributed by atoms with E-state index in [1.165, 1.54) is 0 Å². The molecule has 14 heteroatoms. The van der Waals surface area contributed by atoms with E-state index < -0.39 is 8.07 Å². The number of imidazole rings is 1. The number of hydrogen-bond acceptors (Lipinski definition) is 11. The van der Waals surface area contributed by atoms with Crippen LogP contribution in [0.15, 0.2) is 24.4 Å². The molecule has 7 rings (SSSR count).